The van der Waals surface area contributed by atoms with E-state index in [1.54, 1.807) is 6.07 Å². The highest BCUT2D eigenvalue weighted by molar-refractivity contribution is 5.91. The van der Waals surface area contributed by atoms with Crippen LogP contribution in [0.25, 0.3) is 0 Å². The molecule has 0 radical (unpaired) electrons. The average Bonchev–Trinajstić information content (AvgIpc) is 3.56. The van der Waals surface area contributed by atoms with E-state index in [-0.39, 0.29) is 23.4 Å². The number of aromatic nitrogens is 2. The third kappa shape index (κ3) is 3.68. The summed E-state index contributed by atoms with van der Waals surface area (Å²) in [5.74, 6) is 0.773. The van der Waals surface area contributed by atoms with Crippen LogP contribution in [0.2, 0.25) is 0 Å². The van der Waals surface area contributed by atoms with E-state index < -0.39 is 5.41 Å². The fourth-order valence-electron chi connectivity index (χ4n) is 3.64. The van der Waals surface area contributed by atoms with Crippen LogP contribution in [0, 0.1) is 5.92 Å². The molecule has 27 heavy (non-hydrogen) atoms. The Morgan fingerprint density at radius 3 is 2.48 bits per heavy atom. The Morgan fingerprint density at radius 2 is 1.89 bits per heavy atom. The number of nitrogens with zero attached hydrogens (tertiary/aromatic N) is 2. The molecular formula is C22H27N3O2. The smallest absolute Gasteiger partial charge is 0.266 e. The van der Waals surface area contributed by atoms with Crippen molar-refractivity contribution >= 4 is 5.91 Å². The maximum Gasteiger partial charge on any atom is 0.266 e. The molecule has 0 bridgehead atoms. The van der Waals surface area contributed by atoms with Gasteiger partial charge in [0.1, 0.15) is 0 Å². The summed E-state index contributed by atoms with van der Waals surface area (Å²) in [6.07, 6.45) is 4.05. The van der Waals surface area contributed by atoms with Crippen molar-refractivity contribution in [3.05, 3.63) is 64.1 Å². The summed E-state index contributed by atoms with van der Waals surface area (Å²) in [5.41, 5.74) is 1.56. The van der Waals surface area contributed by atoms with Gasteiger partial charge in [-0.05, 0) is 43.2 Å². The van der Waals surface area contributed by atoms with E-state index in [0.717, 1.165) is 36.9 Å². The first-order valence-corrected chi connectivity index (χ1v) is 9.94. The molecule has 0 unspecified atom stereocenters. The van der Waals surface area contributed by atoms with Crippen LogP contribution >= 0.6 is 0 Å². The van der Waals surface area contributed by atoms with Gasteiger partial charge >= 0.3 is 0 Å². The molecule has 2 aliphatic rings. The molecule has 0 saturated heterocycles. The fraction of sp³-hybridized carbons (Fsp3) is 0.500. The normalized spacial score (nSPS) is 18.9. The molecule has 2 aromatic rings. The van der Waals surface area contributed by atoms with E-state index in [1.807, 2.05) is 36.4 Å². The first kappa shape index (κ1) is 18.0. The van der Waals surface area contributed by atoms with Gasteiger partial charge in [-0.15, -0.1) is 0 Å². The number of hydrogen-bond donors (Lipinski definition) is 1. The van der Waals surface area contributed by atoms with Crippen LogP contribution in [0.1, 0.15) is 56.7 Å². The first-order valence-electron chi connectivity index (χ1n) is 9.94. The lowest BCUT2D eigenvalue weighted by atomic mass is 9.93. The Balaban J connectivity index is 1.51. The minimum Gasteiger partial charge on any atom is -0.350 e. The molecule has 5 heteroatoms. The largest absolute Gasteiger partial charge is 0.350 e. The molecular weight excluding hydrogens is 338 g/mol. The number of hydrogen-bond acceptors (Lipinski definition) is 3. The average molecular weight is 365 g/mol. The number of carbonyl (C=O) groups is 1. The zero-order chi connectivity index (χ0) is 19.0. The summed E-state index contributed by atoms with van der Waals surface area (Å²) in [7, 11) is 0. The lowest BCUT2D eigenvalue weighted by Gasteiger charge is -2.26. The molecule has 1 heterocycles. The standard InChI is InChI=1S/C22H27N3O2/c1-15(2)19(14-25-20(26)11-10-18(24-25)16-8-9-16)23-21(27)22(12-13-22)17-6-4-3-5-7-17/h3-7,10-11,15-16,19H,8-9,12-14H2,1-2H3,(H,23,27)/t19-/m0/s1. The van der Waals surface area contributed by atoms with E-state index >= 15 is 0 Å². The third-order valence-electron chi connectivity index (χ3n) is 5.88. The molecule has 5 nitrogen and oxygen atoms in total. The second-order valence-corrected chi connectivity index (χ2v) is 8.32. The molecule has 2 aliphatic carbocycles. The molecule has 1 aromatic carbocycles. The SMILES string of the molecule is CC(C)[C@H](Cn1nc(C2CC2)ccc1=O)NC(=O)C1(c2ccccc2)CC1. The highest BCUT2D eigenvalue weighted by Crippen LogP contribution is 2.48. The molecule has 1 atom stereocenters. The van der Waals surface area contributed by atoms with Crippen molar-refractivity contribution in [2.75, 3.05) is 0 Å². The Hall–Kier alpha value is -2.43. The summed E-state index contributed by atoms with van der Waals surface area (Å²) in [6.45, 7) is 4.55. The van der Waals surface area contributed by atoms with Crippen LogP contribution in [0.15, 0.2) is 47.3 Å². The van der Waals surface area contributed by atoms with Crippen LogP contribution in [-0.4, -0.2) is 21.7 Å². The van der Waals surface area contributed by atoms with Gasteiger partial charge in [-0.3, -0.25) is 9.59 Å². The molecule has 1 amide bonds. The Kier molecular flexibility index (Phi) is 4.62. The number of benzene rings is 1. The quantitative estimate of drug-likeness (QED) is 0.820. The maximum absolute atomic E-state index is 13.1. The second kappa shape index (κ2) is 6.95. The molecule has 2 fully saturated rings. The molecule has 4 rings (SSSR count). The summed E-state index contributed by atoms with van der Waals surface area (Å²) in [4.78, 5) is 25.4. The summed E-state index contributed by atoms with van der Waals surface area (Å²) in [6, 6.07) is 13.3. The van der Waals surface area contributed by atoms with E-state index in [0.29, 0.717) is 12.5 Å². The van der Waals surface area contributed by atoms with Gasteiger partial charge in [-0.1, -0.05) is 44.2 Å². The van der Waals surface area contributed by atoms with Crippen LogP contribution in [0.5, 0.6) is 0 Å². The lowest BCUT2D eigenvalue weighted by molar-refractivity contribution is -0.124. The number of nitrogens with one attached hydrogen (secondary N) is 1. The Labute approximate surface area is 159 Å². The predicted molar refractivity (Wildman–Crippen MR) is 105 cm³/mol. The van der Waals surface area contributed by atoms with Gasteiger partial charge in [0.15, 0.2) is 0 Å². The highest BCUT2D eigenvalue weighted by Gasteiger charge is 2.51. The van der Waals surface area contributed by atoms with Gasteiger partial charge in [-0.25, -0.2) is 4.68 Å². The van der Waals surface area contributed by atoms with Crippen molar-refractivity contribution in [2.45, 2.75) is 63.5 Å². The van der Waals surface area contributed by atoms with E-state index in [2.05, 4.69) is 24.3 Å². The fourth-order valence-corrected chi connectivity index (χ4v) is 3.64. The minimum atomic E-state index is -0.400. The predicted octanol–water partition coefficient (Wildman–Crippen LogP) is 2.99. The lowest BCUT2D eigenvalue weighted by Crippen LogP contribution is -2.47. The molecule has 2 saturated carbocycles. The molecule has 0 spiro atoms. The summed E-state index contributed by atoms with van der Waals surface area (Å²) >= 11 is 0. The first-order chi connectivity index (χ1) is 13.0. The molecule has 0 aliphatic heterocycles. The van der Waals surface area contributed by atoms with Crippen LogP contribution in [0.4, 0.5) is 0 Å². The number of amides is 1. The highest BCUT2D eigenvalue weighted by atomic mass is 16.2. The van der Waals surface area contributed by atoms with Crippen LogP contribution < -0.4 is 10.9 Å². The van der Waals surface area contributed by atoms with Crippen molar-refractivity contribution < 1.29 is 4.79 Å². The zero-order valence-electron chi connectivity index (χ0n) is 16.0. The van der Waals surface area contributed by atoms with Crippen LogP contribution in [0.3, 0.4) is 0 Å². The van der Waals surface area contributed by atoms with Crippen LogP contribution in [-0.2, 0) is 16.8 Å². The van der Waals surface area contributed by atoms with Gasteiger partial charge in [0.2, 0.25) is 5.91 Å². The van der Waals surface area contributed by atoms with Gasteiger partial charge in [0.25, 0.3) is 5.56 Å². The van der Waals surface area contributed by atoms with Crippen molar-refractivity contribution in [2.24, 2.45) is 5.92 Å². The summed E-state index contributed by atoms with van der Waals surface area (Å²) in [5, 5.41) is 7.77. The Morgan fingerprint density at radius 1 is 1.19 bits per heavy atom. The third-order valence-corrected chi connectivity index (χ3v) is 5.88. The van der Waals surface area contributed by atoms with Gasteiger partial charge in [-0.2, -0.15) is 5.10 Å². The number of rotatable bonds is 7. The zero-order valence-corrected chi connectivity index (χ0v) is 16.0. The van der Waals surface area contributed by atoms with Crippen molar-refractivity contribution in [1.29, 1.82) is 0 Å². The molecule has 1 aromatic heterocycles. The number of carbonyl (C=O) groups excluding carboxylic acids is 1. The Bertz CT molecular complexity index is 880. The van der Waals surface area contributed by atoms with E-state index in [1.165, 1.54) is 4.68 Å². The van der Waals surface area contributed by atoms with E-state index in [9.17, 15) is 9.59 Å². The van der Waals surface area contributed by atoms with Gasteiger partial charge in [0, 0.05) is 12.0 Å². The second-order valence-electron chi connectivity index (χ2n) is 8.32. The minimum absolute atomic E-state index is 0.0683. The maximum atomic E-state index is 13.1. The van der Waals surface area contributed by atoms with Crippen molar-refractivity contribution in [1.82, 2.24) is 15.1 Å². The van der Waals surface area contributed by atoms with Crippen molar-refractivity contribution in [3.8, 4) is 0 Å². The summed E-state index contributed by atoms with van der Waals surface area (Å²) < 4.78 is 1.53. The van der Waals surface area contributed by atoms with E-state index in [4.69, 9.17) is 0 Å². The monoisotopic (exact) mass is 365 g/mol. The molecule has 1 N–H and O–H groups in total. The van der Waals surface area contributed by atoms with Crippen molar-refractivity contribution in [3.63, 3.8) is 0 Å². The topological polar surface area (TPSA) is 64.0 Å². The van der Waals surface area contributed by atoms with Gasteiger partial charge in [0.05, 0.1) is 23.7 Å². The molecule has 142 valence electrons. The van der Waals surface area contributed by atoms with Gasteiger partial charge < -0.3 is 5.32 Å².